The zero-order valence-corrected chi connectivity index (χ0v) is 26.0. The first-order chi connectivity index (χ1) is 20.2. The van der Waals surface area contributed by atoms with Crippen molar-refractivity contribution in [3.8, 4) is 0 Å². The van der Waals surface area contributed by atoms with E-state index in [2.05, 4.69) is 18.2 Å². The van der Waals surface area contributed by atoms with E-state index in [1.54, 1.807) is 21.3 Å². The van der Waals surface area contributed by atoms with Crippen LogP contribution >= 0.6 is 0 Å². The molecule has 42 heavy (non-hydrogen) atoms. The van der Waals surface area contributed by atoms with Gasteiger partial charge in [0.1, 0.15) is 24.4 Å². The summed E-state index contributed by atoms with van der Waals surface area (Å²) in [4.78, 5) is 26.9. The molecule has 1 saturated carbocycles. The fourth-order valence-electron chi connectivity index (χ4n) is 8.31. The number of hydrogen-bond donors (Lipinski definition) is 1. The molecule has 0 radical (unpaired) electrons. The number of Topliss-reactive ketones (excluding diaryl/α,β-unsaturated/α-hetero) is 1. The summed E-state index contributed by atoms with van der Waals surface area (Å²) in [5.74, 6) is -0.278. The molecule has 0 aromatic carbocycles. The lowest BCUT2D eigenvalue weighted by molar-refractivity contribution is -0.314. The molecule has 3 fully saturated rings. The molecule has 0 aromatic heterocycles. The molecule has 14 atom stereocenters. The predicted octanol–water partition coefficient (Wildman–Crippen LogP) is 4.01. The largest absolute Gasteiger partial charge is 0.462 e. The topological polar surface area (TPSA) is 110 Å². The second kappa shape index (κ2) is 13.6. The lowest BCUT2D eigenvalue weighted by Crippen LogP contribution is -2.59. The first-order valence-corrected chi connectivity index (χ1v) is 15.9. The van der Waals surface area contributed by atoms with E-state index >= 15 is 0 Å². The third-order valence-electron chi connectivity index (χ3n) is 10.7. The number of aliphatic hydroxyl groups excluding tert-OH is 1. The second-order valence-corrected chi connectivity index (χ2v) is 13.0. The number of fused-ring (bicyclic) bond motifs is 5. The smallest absolute Gasteiger partial charge is 0.306 e. The van der Waals surface area contributed by atoms with Gasteiger partial charge in [-0.25, -0.2) is 0 Å². The molecular weight excluding hydrogens is 540 g/mol. The van der Waals surface area contributed by atoms with Crippen LogP contribution in [0.2, 0.25) is 0 Å². The Kier molecular flexibility index (Phi) is 10.3. The monoisotopic (exact) mass is 590 g/mol. The second-order valence-electron chi connectivity index (χ2n) is 13.0. The van der Waals surface area contributed by atoms with E-state index in [1.807, 2.05) is 20.8 Å². The van der Waals surface area contributed by atoms with Gasteiger partial charge in [0, 0.05) is 33.2 Å². The minimum atomic E-state index is -0.706. The molecule has 236 valence electrons. The Morgan fingerprint density at radius 3 is 2.38 bits per heavy atom. The van der Waals surface area contributed by atoms with Gasteiger partial charge in [0.15, 0.2) is 12.1 Å². The SMILES string of the molecule is CC[C@H]1CCC[C@H](O)[C@@H](C)C(=O)C2=C[C@@H]3[C@@H](C=C[C@@H]4C[C@@H](O[C@@H]5OC(C)[C@H](OC)C(OC)C5OC)C[C@@H]34)[C@@H]2CC(=O)O1. The van der Waals surface area contributed by atoms with E-state index in [9.17, 15) is 14.7 Å². The van der Waals surface area contributed by atoms with Crippen molar-refractivity contribution in [3.05, 3.63) is 23.8 Å². The van der Waals surface area contributed by atoms with Crippen molar-refractivity contribution in [1.82, 2.24) is 0 Å². The molecule has 0 spiro atoms. The van der Waals surface area contributed by atoms with E-state index in [4.69, 9.17) is 28.4 Å². The van der Waals surface area contributed by atoms with Crippen LogP contribution in [-0.2, 0) is 38.0 Å². The minimum Gasteiger partial charge on any atom is -0.462 e. The number of carbonyl (C=O) groups is 2. The van der Waals surface area contributed by atoms with Crippen molar-refractivity contribution >= 4 is 11.8 Å². The summed E-state index contributed by atoms with van der Waals surface area (Å²) in [5, 5.41) is 10.9. The number of allylic oxidation sites excluding steroid dienone is 4. The highest BCUT2D eigenvalue weighted by Gasteiger charge is 2.52. The highest BCUT2D eigenvalue weighted by atomic mass is 16.7. The van der Waals surface area contributed by atoms with Gasteiger partial charge >= 0.3 is 5.97 Å². The van der Waals surface area contributed by atoms with E-state index in [0.29, 0.717) is 24.3 Å². The zero-order chi connectivity index (χ0) is 30.1. The van der Waals surface area contributed by atoms with Gasteiger partial charge in [-0.3, -0.25) is 9.59 Å². The first kappa shape index (κ1) is 31.8. The number of ether oxygens (including phenoxy) is 6. The fourth-order valence-corrected chi connectivity index (χ4v) is 8.31. The molecule has 3 unspecified atom stereocenters. The molecular formula is C33H50O9. The number of rotatable bonds is 6. The lowest BCUT2D eigenvalue weighted by atomic mass is 9.70. The molecule has 2 aliphatic heterocycles. The molecule has 0 aromatic rings. The van der Waals surface area contributed by atoms with Crippen LogP contribution in [0.1, 0.15) is 65.7 Å². The average molecular weight is 591 g/mol. The van der Waals surface area contributed by atoms with Crippen LogP contribution in [0.3, 0.4) is 0 Å². The van der Waals surface area contributed by atoms with Crippen molar-refractivity contribution in [2.24, 2.45) is 35.5 Å². The molecule has 3 aliphatic carbocycles. The number of cyclic esters (lactones) is 1. The van der Waals surface area contributed by atoms with Gasteiger partial charge in [0.05, 0.1) is 24.7 Å². The summed E-state index contributed by atoms with van der Waals surface area (Å²) < 4.78 is 35.9. The van der Waals surface area contributed by atoms with Crippen LogP contribution in [0, 0.1) is 35.5 Å². The van der Waals surface area contributed by atoms with Crippen LogP contribution in [0.5, 0.6) is 0 Å². The summed E-state index contributed by atoms with van der Waals surface area (Å²) in [6.45, 7) is 5.80. The standard InChI is InChI=1S/C33H50O9/c1-7-20-9-8-10-27(34)17(2)29(36)26-15-24-22(25(26)16-28(35)41-20)12-11-19-13-21(14-23(19)24)42-33-32(39-6)31(38-5)30(37-4)18(3)40-33/h11-12,15,17-25,27,30-34H,7-10,13-14,16H2,1-6H3/t17-,18?,19-,20+,21-,22-,23-,24-,25+,27+,30+,31?,32?,33+/m1/s1. The summed E-state index contributed by atoms with van der Waals surface area (Å²) in [6, 6.07) is 0. The van der Waals surface area contributed by atoms with E-state index in [1.165, 1.54) is 0 Å². The lowest BCUT2D eigenvalue weighted by Gasteiger charge is -2.44. The van der Waals surface area contributed by atoms with E-state index < -0.39 is 24.4 Å². The minimum absolute atomic E-state index is 0.0381. The van der Waals surface area contributed by atoms with Gasteiger partial charge < -0.3 is 33.5 Å². The van der Waals surface area contributed by atoms with E-state index in [-0.39, 0.29) is 72.4 Å². The Labute approximate surface area is 250 Å². The quantitative estimate of drug-likeness (QED) is 0.363. The Balaban J connectivity index is 1.34. The molecule has 1 N–H and O–H groups in total. The molecule has 0 amide bonds. The molecule has 9 heteroatoms. The third kappa shape index (κ3) is 6.15. The van der Waals surface area contributed by atoms with Crippen molar-refractivity contribution in [1.29, 1.82) is 0 Å². The summed E-state index contributed by atoms with van der Waals surface area (Å²) in [7, 11) is 4.93. The Hall–Kier alpha value is -1.62. The van der Waals surface area contributed by atoms with Gasteiger partial charge in [0.25, 0.3) is 0 Å². The fraction of sp³-hybridized carbons (Fsp3) is 0.818. The molecule has 5 rings (SSSR count). The highest BCUT2D eigenvalue weighted by Crippen LogP contribution is 2.54. The molecule has 5 aliphatic rings. The number of hydrogen-bond acceptors (Lipinski definition) is 9. The maximum Gasteiger partial charge on any atom is 0.306 e. The molecule has 2 heterocycles. The highest BCUT2D eigenvalue weighted by molar-refractivity contribution is 5.99. The molecule has 2 saturated heterocycles. The average Bonchev–Trinajstić information content (AvgIpc) is 3.55. The normalized spacial score (nSPS) is 46.1. The summed E-state index contributed by atoms with van der Waals surface area (Å²) in [5.41, 5.74) is 0.689. The number of carbonyl (C=O) groups excluding carboxylic acids is 2. The van der Waals surface area contributed by atoms with Crippen molar-refractivity contribution < 1.29 is 43.1 Å². The molecule has 0 bridgehead atoms. The van der Waals surface area contributed by atoms with Crippen LogP contribution in [0.25, 0.3) is 0 Å². The van der Waals surface area contributed by atoms with Gasteiger partial charge in [-0.1, -0.05) is 32.1 Å². The Morgan fingerprint density at radius 2 is 1.69 bits per heavy atom. The van der Waals surface area contributed by atoms with Crippen LogP contribution in [0.15, 0.2) is 23.8 Å². The first-order valence-electron chi connectivity index (χ1n) is 15.9. The van der Waals surface area contributed by atoms with Gasteiger partial charge in [-0.15, -0.1) is 0 Å². The predicted molar refractivity (Wildman–Crippen MR) is 154 cm³/mol. The number of methoxy groups -OCH3 is 3. The van der Waals surface area contributed by atoms with Gasteiger partial charge in [0.2, 0.25) is 0 Å². The van der Waals surface area contributed by atoms with E-state index in [0.717, 1.165) is 25.7 Å². The van der Waals surface area contributed by atoms with Gasteiger partial charge in [-0.2, -0.15) is 0 Å². The summed E-state index contributed by atoms with van der Waals surface area (Å²) >= 11 is 0. The maximum atomic E-state index is 13.8. The Morgan fingerprint density at radius 1 is 0.952 bits per heavy atom. The number of esters is 1. The van der Waals surface area contributed by atoms with Crippen LogP contribution in [-0.4, -0.2) is 87.2 Å². The molecule has 9 nitrogen and oxygen atoms in total. The van der Waals surface area contributed by atoms with Crippen molar-refractivity contribution in [2.45, 2.75) is 115 Å². The summed E-state index contributed by atoms with van der Waals surface area (Å²) in [6.07, 6.45) is 8.39. The van der Waals surface area contributed by atoms with Crippen LogP contribution < -0.4 is 0 Å². The number of aliphatic hydroxyl groups is 1. The van der Waals surface area contributed by atoms with Crippen molar-refractivity contribution in [2.75, 3.05) is 21.3 Å². The van der Waals surface area contributed by atoms with Crippen LogP contribution in [0.4, 0.5) is 0 Å². The zero-order valence-electron chi connectivity index (χ0n) is 26.0. The third-order valence-corrected chi connectivity index (χ3v) is 10.7. The number of ketones is 1. The van der Waals surface area contributed by atoms with Crippen molar-refractivity contribution in [3.63, 3.8) is 0 Å². The maximum absolute atomic E-state index is 13.8. The van der Waals surface area contributed by atoms with Gasteiger partial charge in [-0.05, 0) is 74.7 Å². The Bertz CT molecular complexity index is 1020.